The number of benzene rings is 1. The second kappa shape index (κ2) is 11.9. The summed E-state index contributed by atoms with van der Waals surface area (Å²) in [4.78, 5) is 13.5. The van der Waals surface area contributed by atoms with Crippen molar-refractivity contribution in [3.05, 3.63) is 35.4 Å². The molecule has 0 radical (unpaired) electrons. The molecule has 0 atom stereocenters. The van der Waals surface area contributed by atoms with Crippen molar-refractivity contribution in [1.82, 2.24) is 9.80 Å². The average Bonchev–Trinajstić information content (AvgIpc) is 2.72. The highest BCUT2D eigenvalue weighted by Crippen LogP contribution is 2.12. The van der Waals surface area contributed by atoms with Gasteiger partial charge in [0.15, 0.2) is 11.9 Å². The highest BCUT2D eigenvalue weighted by Gasteiger charge is 2.13. The summed E-state index contributed by atoms with van der Waals surface area (Å²) in [6, 6.07) is 8.37. The lowest BCUT2D eigenvalue weighted by atomic mass is 10.1. The first kappa shape index (κ1) is 22.5. The maximum Gasteiger partial charge on any atom is 0.191 e. The Balaban J connectivity index is 0.00000261. The molecular weight excluding hydrogens is 491 g/mol. The standard InChI is InChI=1S/C18H28N6S2.HI/c19-17(23-4-8-25-9-5-23)21-13-15-2-1-3-16(12-15)14-22-18(20)24-6-10-26-11-7-24;/h1-3,12H,4-11,13-14H2,(H2,19,21)(H2,20,22);1H. The van der Waals surface area contributed by atoms with Gasteiger partial charge in [-0.05, 0) is 11.1 Å². The zero-order valence-electron chi connectivity index (χ0n) is 15.5. The van der Waals surface area contributed by atoms with Crippen LogP contribution in [-0.2, 0) is 13.1 Å². The maximum atomic E-state index is 6.14. The zero-order valence-corrected chi connectivity index (χ0v) is 19.5. The van der Waals surface area contributed by atoms with Crippen molar-refractivity contribution >= 4 is 59.4 Å². The number of aliphatic imine (C=N–C) groups is 2. The highest BCUT2D eigenvalue weighted by molar-refractivity contribution is 14.0. The summed E-state index contributed by atoms with van der Waals surface area (Å²) in [7, 11) is 0. The summed E-state index contributed by atoms with van der Waals surface area (Å²) in [5.41, 5.74) is 14.6. The zero-order chi connectivity index (χ0) is 18.2. The van der Waals surface area contributed by atoms with Crippen molar-refractivity contribution in [3.63, 3.8) is 0 Å². The summed E-state index contributed by atoms with van der Waals surface area (Å²) in [5, 5.41) is 0. The van der Waals surface area contributed by atoms with Gasteiger partial charge in [0, 0.05) is 49.2 Å². The molecule has 2 aliphatic heterocycles. The van der Waals surface area contributed by atoms with E-state index in [1.54, 1.807) is 0 Å². The summed E-state index contributed by atoms with van der Waals surface area (Å²) >= 11 is 3.94. The van der Waals surface area contributed by atoms with Crippen molar-refractivity contribution in [3.8, 4) is 0 Å². The molecule has 9 heteroatoms. The molecule has 0 spiro atoms. The van der Waals surface area contributed by atoms with Crippen LogP contribution >= 0.6 is 47.5 Å². The quantitative estimate of drug-likeness (QED) is 0.359. The number of nitrogens with zero attached hydrogens (tertiary/aromatic N) is 4. The first-order chi connectivity index (χ1) is 12.7. The van der Waals surface area contributed by atoms with Crippen LogP contribution in [0.15, 0.2) is 34.3 Å². The molecule has 1 aromatic carbocycles. The fourth-order valence-corrected chi connectivity index (χ4v) is 4.76. The Hall–Kier alpha value is -0.810. The van der Waals surface area contributed by atoms with Gasteiger partial charge in [-0.25, -0.2) is 9.98 Å². The number of hydrogen-bond donors (Lipinski definition) is 2. The van der Waals surface area contributed by atoms with Crippen LogP contribution in [0.2, 0.25) is 0 Å². The molecule has 0 saturated carbocycles. The van der Waals surface area contributed by atoms with Gasteiger partial charge in [-0.1, -0.05) is 24.3 Å². The van der Waals surface area contributed by atoms with Crippen molar-refractivity contribution < 1.29 is 0 Å². The molecule has 4 N–H and O–H groups in total. The molecule has 2 heterocycles. The van der Waals surface area contributed by atoms with Crippen molar-refractivity contribution in [2.75, 3.05) is 49.2 Å². The van der Waals surface area contributed by atoms with E-state index in [0.29, 0.717) is 25.0 Å². The van der Waals surface area contributed by atoms with Crippen LogP contribution in [0.5, 0.6) is 0 Å². The van der Waals surface area contributed by atoms with E-state index < -0.39 is 0 Å². The smallest absolute Gasteiger partial charge is 0.191 e. The lowest BCUT2D eigenvalue weighted by Gasteiger charge is -2.27. The van der Waals surface area contributed by atoms with Crippen LogP contribution < -0.4 is 11.5 Å². The number of hydrogen-bond acceptors (Lipinski definition) is 4. The monoisotopic (exact) mass is 520 g/mol. The van der Waals surface area contributed by atoms with Crippen LogP contribution in [0, 0.1) is 0 Å². The third kappa shape index (κ3) is 7.26. The largest absolute Gasteiger partial charge is 0.370 e. The van der Waals surface area contributed by atoms with Crippen molar-refractivity contribution in [2.45, 2.75) is 13.1 Å². The minimum Gasteiger partial charge on any atom is -0.370 e. The number of guanidine groups is 2. The SMILES string of the molecule is I.NC(=NCc1cccc(CN=C(N)N2CCSCC2)c1)N1CCSCC1. The minimum absolute atomic E-state index is 0. The first-order valence-electron chi connectivity index (χ1n) is 9.05. The van der Waals surface area contributed by atoms with Crippen LogP contribution in [0.4, 0.5) is 0 Å². The highest BCUT2D eigenvalue weighted by atomic mass is 127. The van der Waals surface area contributed by atoms with E-state index in [2.05, 4.69) is 44.1 Å². The second-order valence-corrected chi connectivity index (χ2v) is 8.82. The van der Waals surface area contributed by atoms with Crippen molar-refractivity contribution in [1.29, 1.82) is 0 Å². The van der Waals surface area contributed by atoms with Gasteiger partial charge < -0.3 is 21.3 Å². The predicted molar refractivity (Wildman–Crippen MR) is 130 cm³/mol. The third-order valence-corrected chi connectivity index (χ3v) is 6.39. The summed E-state index contributed by atoms with van der Waals surface area (Å²) in [6.07, 6.45) is 0. The first-order valence-corrected chi connectivity index (χ1v) is 11.4. The van der Waals surface area contributed by atoms with Gasteiger partial charge in [0.25, 0.3) is 0 Å². The summed E-state index contributed by atoms with van der Waals surface area (Å²) in [6.45, 7) is 5.16. The lowest BCUT2D eigenvalue weighted by Crippen LogP contribution is -2.42. The molecule has 0 aromatic heterocycles. The van der Waals surface area contributed by atoms with Gasteiger partial charge in [0.05, 0.1) is 13.1 Å². The Morgan fingerprint density at radius 2 is 1.22 bits per heavy atom. The average molecular weight is 521 g/mol. The Morgan fingerprint density at radius 3 is 1.63 bits per heavy atom. The molecule has 150 valence electrons. The van der Waals surface area contributed by atoms with Gasteiger partial charge in [-0.15, -0.1) is 24.0 Å². The van der Waals surface area contributed by atoms with Gasteiger partial charge in [0.2, 0.25) is 0 Å². The Morgan fingerprint density at radius 1 is 0.815 bits per heavy atom. The molecule has 3 rings (SSSR count). The minimum atomic E-state index is 0. The molecule has 27 heavy (non-hydrogen) atoms. The van der Waals surface area contributed by atoms with Crippen LogP contribution in [-0.4, -0.2) is 70.9 Å². The summed E-state index contributed by atoms with van der Waals surface area (Å²) in [5.74, 6) is 5.81. The molecule has 6 nitrogen and oxygen atoms in total. The van der Waals surface area contributed by atoms with E-state index in [1.165, 1.54) is 0 Å². The van der Waals surface area contributed by atoms with E-state index in [0.717, 1.165) is 60.3 Å². The fourth-order valence-electron chi connectivity index (χ4n) is 2.96. The molecule has 2 fully saturated rings. The van der Waals surface area contributed by atoms with Gasteiger partial charge >= 0.3 is 0 Å². The predicted octanol–water partition coefficient (Wildman–Crippen LogP) is 2.03. The van der Waals surface area contributed by atoms with Gasteiger partial charge in [-0.2, -0.15) is 23.5 Å². The molecule has 2 saturated heterocycles. The Kier molecular flexibility index (Phi) is 9.91. The molecule has 0 aliphatic carbocycles. The molecule has 1 aromatic rings. The van der Waals surface area contributed by atoms with E-state index in [1.807, 2.05) is 23.5 Å². The van der Waals surface area contributed by atoms with Gasteiger partial charge in [-0.3, -0.25) is 0 Å². The molecular formula is C18H29IN6S2. The van der Waals surface area contributed by atoms with Crippen LogP contribution in [0.3, 0.4) is 0 Å². The van der Waals surface area contributed by atoms with E-state index in [-0.39, 0.29) is 24.0 Å². The van der Waals surface area contributed by atoms with E-state index in [9.17, 15) is 0 Å². The Bertz CT molecular complexity index is 591. The molecule has 0 bridgehead atoms. The van der Waals surface area contributed by atoms with E-state index >= 15 is 0 Å². The maximum absolute atomic E-state index is 6.14. The molecule has 2 aliphatic rings. The molecule has 0 amide bonds. The molecule has 0 unspecified atom stereocenters. The topological polar surface area (TPSA) is 83.2 Å². The number of nitrogens with two attached hydrogens (primary N) is 2. The second-order valence-electron chi connectivity index (χ2n) is 6.37. The normalized spacial score (nSPS) is 19.0. The lowest BCUT2D eigenvalue weighted by molar-refractivity contribution is 0.455. The summed E-state index contributed by atoms with van der Waals surface area (Å²) < 4.78 is 0. The van der Waals surface area contributed by atoms with E-state index in [4.69, 9.17) is 11.5 Å². The number of rotatable bonds is 4. The van der Waals surface area contributed by atoms with Crippen LogP contribution in [0.25, 0.3) is 0 Å². The van der Waals surface area contributed by atoms with Crippen LogP contribution in [0.1, 0.15) is 11.1 Å². The number of halogens is 1. The number of thioether (sulfide) groups is 2. The third-order valence-electron chi connectivity index (χ3n) is 4.51. The van der Waals surface area contributed by atoms with Crippen molar-refractivity contribution in [2.24, 2.45) is 21.5 Å². The van der Waals surface area contributed by atoms with Gasteiger partial charge in [0.1, 0.15) is 0 Å². The fraction of sp³-hybridized carbons (Fsp3) is 0.556. The Labute approximate surface area is 187 Å².